The molecule has 108 valence electrons. The Morgan fingerprint density at radius 1 is 1.45 bits per heavy atom. The Bertz CT molecular complexity index is 532. The first-order valence-electron chi connectivity index (χ1n) is 6.54. The molecule has 2 N–H and O–H groups in total. The molecule has 0 heterocycles. The van der Waals surface area contributed by atoms with Gasteiger partial charge in [-0.25, -0.2) is 4.39 Å². The van der Waals surface area contributed by atoms with Gasteiger partial charge in [-0.1, -0.05) is 31.1 Å². The van der Waals surface area contributed by atoms with Crippen molar-refractivity contribution in [2.75, 3.05) is 6.54 Å². The number of halogens is 2. The Balaban J connectivity index is 2.29. The van der Waals surface area contributed by atoms with E-state index in [0.29, 0.717) is 0 Å². The van der Waals surface area contributed by atoms with Crippen molar-refractivity contribution in [2.24, 2.45) is 5.73 Å². The quantitative estimate of drug-likeness (QED) is 0.840. The van der Waals surface area contributed by atoms with Gasteiger partial charge in [0.2, 0.25) is 0 Å². The van der Waals surface area contributed by atoms with Gasteiger partial charge in [0, 0.05) is 6.04 Å². The number of thiocarbonyl (C=S) groups is 1. The fourth-order valence-corrected chi connectivity index (χ4v) is 3.08. The lowest BCUT2D eigenvalue weighted by atomic mass is 10.1. The van der Waals surface area contributed by atoms with Gasteiger partial charge in [0.25, 0.3) is 5.91 Å². The van der Waals surface area contributed by atoms with E-state index < -0.39 is 5.82 Å². The van der Waals surface area contributed by atoms with Crippen molar-refractivity contribution in [1.29, 1.82) is 0 Å². The molecule has 6 heteroatoms. The van der Waals surface area contributed by atoms with Gasteiger partial charge in [-0.15, -0.1) is 0 Å². The minimum absolute atomic E-state index is 0.0579. The maximum Gasteiger partial charge on any atom is 0.257 e. The number of carbonyl (C=O) groups excluding carboxylic acids is 1. The molecule has 0 atom stereocenters. The summed E-state index contributed by atoms with van der Waals surface area (Å²) < 4.78 is 14.4. The number of nitrogens with two attached hydrogens (primary N) is 1. The number of hydrogen-bond donors (Lipinski definition) is 1. The van der Waals surface area contributed by atoms with Gasteiger partial charge >= 0.3 is 0 Å². The summed E-state index contributed by atoms with van der Waals surface area (Å²) >= 11 is 8.02. The Morgan fingerprint density at radius 2 is 2.10 bits per heavy atom. The normalized spacial score (nSPS) is 15.3. The Kier molecular flexibility index (Phi) is 5.10. The summed E-state index contributed by atoms with van der Waals surface area (Å²) in [6, 6.07) is 4.81. The molecule has 1 fully saturated rings. The predicted molar refractivity (Wildman–Crippen MR) is 84.2 cm³/mol. The average Bonchev–Trinajstić information content (AvgIpc) is 2.92. The van der Waals surface area contributed by atoms with E-state index >= 15 is 0 Å². The van der Waals surface area contributed by atoms with Gasteiger partial charge in [-0.05, 0) is 40.9 Å². The van der Waals surface area contributed by atoms with Crippen LogP contribution in [0.25, 0.3) is 0 Å². The van der Waals surface area contributed by atoms with Crippen molar-refractivity contribution in [1.82, 2.24) is 4.90 Å². The minimum atomic E-state index is -0.538. The number of benzene rings is 1. The zero-order valence-electron chi connectivity index (χ0n) is 10.9. The smallest absolute Gasteiger partial charge is 0.257 e. The molecule has 0 bridgehead atoms. The summed E-state index contributed by atoms with van der Waals surface area (Å²) in [4.78, 5) is 14.5. The highest BCUT2D eigenvalue weighted by molar-refractivity contribution is 9.10. The van der Waals surface area contributed by atoms with E-state index in [2.05, 4.69) is 15.9 Å². The van der Waals surface area contributed by atoms with Gasteiger partial charge in [-0.3, -0.25) is 4.79 Å². The molecular formula is C14H16BrFN2OS. The molecule has 3 nitrogen and oxygen atoms in total. The highest BCUT2D eigenvalue weighted by Crippen LogP contribution is 2.26. The van der Waals surface area contributed by atoms with E-state index in [0.717, 1.165) is 25.7 Å². The molecule has 1 aliphatic carbocycles. The van der Waals surface area contributed by atoms with Crippen molar-refractivity contribution < 1.29 is 9.18 Å². The first-order chi connectivity index (χ1) is 9.50. The van der Waals surface area contributed by atoms with Crippen molar-refractivity contribution in [2.45, 2.75) is 31.7 Å². The third-order valence-corrected chi connectivity index (χ3v) is 4.28. The van der Waals surface area contributed by atoms with Crippen LogP contribution in [0.5, 0.6) is 0 Å². The summed E-state index contributed by atoms with van der Waals surface area (Å²) in [6.07, 6.45) is 3.99. The third-order valence-electron chi connectivity index (χ3n) is 3.53. The summed E-state index contributed by atoms with van der Waals surface area (Å²) in [5.74, 6) is -0.882. The number of hydrogen-bond acceptors (Lipinski definition) is 2. The second-order valence-corrected chi connectivity index (χ2v) is 6.32. The van der Waals surface area contributed by atoms with Crippen LogP contribution >= 0.6 is 28.1 Å². The lowest BCUT2D eigenvalue weighted by Gasteiger charge is -2.28. The predicted octanol–water partition coefficient (Wildman–Crippen LogP) is 3.26. The number of amides is 1. The van der Waals surface area contributed by atoms with Crippen LogP contribution in [0.15, 0.2) is 22.7 Å². The van der Waals surface area contributed by atoms with Crippen LogP contribution in [-0.4, -0.2) is 28.4 Å². The van der Waals surface area contributed by atoms with Crippen LogP contribution in [-0.2, 0) is 0 Å². The van der Waals surface area contributed by atoms with Crippen LogP contribution in [0, 0.1) is 5.82 Å². The number of nitrogens with zero attached hydrogens (tertiary/aromatic N) is 1. The minimum Gasteiger partial charge on any atom is -0.392 e. The van der Waals surface area contributed by atoms with Crippen molar-refractivity contribution in [3.63, 3.8) is 0 Å². The second-order valence-electron chi connectivity index (χ2n) is 4.94. The van der Waals surface area contributed by atoms with Crippen LogP contribution in [0.1, 0.15) is 36.0 Å². The van der Waals surface area contributed by atoms with Crippen LogP contribution in [0.3, 0.4) is 0 Å². The standard InChI is InChI=1S/C14H16BrFN2OS/c15-11-7-3-6-10(13(11)16)14(19)18(8-12(17)20)9-4-1-2-5-9/h3,6-7,9H,1-2,4-5,8H2,(H2,17,20). The van der Waals surface area contributed by atoms with Gasteiger partial charge < -0.3 is 10.6 Å². The van der Waals surface area contributed by atoms with E-state index in [4.69, 9.17) is 18.0 Å². The van der Waals surface area contributed by atoms with Gasteiger partial charge in [0.15, 0.2) is 0 Å². The summed E-state index contributed by atoms with van der Waals surface area (Å²) in [7, 11) is 0. The molecule has 0 saturated heterocycles. The van der Waals surface area contributed by atoms with Crippen molar-refractivity contribution in [3.8, 4) is 0 Å². The fourth-order valence-electron chi connectivity index (χ4n) is 2.57. The topological polar surface area (TPSA) is 46.3 Å². The Labute approximate surface area is 131 Å². The molecule has 2 rings (SSSR count). The first-order valence-corrected chi connectivity index (χ1v) is 7.74. The van der Waals surface area contributed by atoms with E-state index in [1.54, 1.807) is 17.0 Å². The zero-order valence-corrected chi connectivity index (χ0v) is 13.3. The molecule has 20 heavy (non-hydrogen) atoms. The van der Waals surface area contributed by atoms with Crippen LogP contribution in [0.4, 0.5) is 4.39 Å². The molecule has 1 aliphatic rings. The van der Waals surface area contributed by atoms with Gasteiger partial charge in [0.1, 0.15) is 5.82 Å². The molecule has 1 aromatic rings. The number of rotatable bonds is 4. The highest BCUT2D eigenvalue weighted by atomic mass is 79.9. The molecule has 1 aromatic carbocycles. The molecule has 0 spiro atoms. The van der Waals surface area contributed by atoms with E-state index in [1.807, 2.05) is 0 Å². The van der Waals surface area contributed by atoms with Crippen LogP contribution in [0.2, 0.25) is 0 Å². The van der Waals surface area contributed by atoms with Gasteiger partial charge in [0.05, 0.1) is 21.6 Å². The summed E-state index contributed by atoms with van der Waals surface area (Å²) in [5, 5.41) is 0. The molecule has 0 aromatic heterocycles. The molecule has 0 aliphatic heterocycles. The van der Waals surface area contributed by atoms with Crippen molar-refractivity contribution >= 4 is 39.0 Å². The molecule has 0 unspecified atom stereocenters. The average molecular weight is 359 g/mol. The SMILES string of the molecule is NC(=S)CN(C(=O)c1cccc(Br)c1F)C1CCCC1. The first kappa shape index (κ1) is 15.4. The highest BCUT2D eigenvalue weighted by Gasteiger charge is 2.29. The Hall–Kier alpha value is -1.01. The molecular weight excluding hydrogens is 343 g/mol. The Morgan fingerprint density at radius 3 is 2.70 bits per heavy atom. The molecule has 1 saturated carbocycles. The maximum atomic E-state index is 14.1. The van der Waals surface area contributed by atoms with Crippen molar-refractivity contribution in [3.05, 3.63) is 34.1 Å². The molecule has 0 radical (unpaired) electrons. The van der Waals surface area contributed by atoms with Gasteiger partial charge in [-0.2, -0.15) is 0 Å². The second kappa shape index (κ2) is 6.63. The third kappa shape index (κ3) is 3.35. The zero-order chi connectivity index (χ0) is 14.7. The van der Waals surface area contributed by atoms with E-state index in [1.165, 1.54) is 6.07 Å². The summed E-state index contributed by atoms with van der Waals surface area (Å²) in [5.41, 5.74) is 5.64. The lowest BCUT2D eigenvalue weighted by Crippen LogP contribution is -2.44. The molecule has 1 amide bonds. The maximum absolute atomic E-state index is 14.1. The van der Waals surface area contributed by atoms with E-state index in [9.17, 15) is 9.18 Å². The lowest BCUT2D eigenvalue weighted by molar-refractivity contribution is 0.0709. The largest absolute Gasteiger partial charge is 0.392 e. The summed E-state index contributed by atoms with van der Waals surface area (Å²) in [6.45, 7) is 0.199. The fraction of sp³-hybridized carbons (Fsp3) is 0.429. The van der Waals surface area contributed by atoms with Crippen LogP contribution < -0.4 is 5.73 Å². The number of carbonyl (C=O) groups is 1. The van der Waals surface area contributed by atoms with E-state index in [-0.39, 0.29) is 33.5 Å². The monoisotopic (exact) mass is 358 g/mol.